The first-order chi connectivity index (χ1) is 15.2. The van der Waals surface area contributed by atoms with Crippen LogP contribution in [-0.2, 0) is 9.59 Å². The summed E-state index contributed by atoms with van der Waals surface area (Å²) in [4.78, 5) is 24.8. The van der Waals surface area contributed by atoms with E-state index in [1.54, 1.807) is 0 Å². The van der Waals surface area contributed by atoms with Crippen LogP contribution in [0.3, 0.4) is 0 Å². The second kappa shape index (κ2) is 14.8. The first kappa shape index (κ1) is 28.7. The summed E-state index contributed by atoms with van der Waals surface area (Å²) in [7, 11) is 0. The minimum atomic E-state index is -1.20. The van der Waals surface area contributed by atoms with Crippen molar-refractivity contribution in [2.45, 2.75) is 130 Å². The van der Waals surface area contributed by atoms with Crippen molar-refractivity contribution < 1.29 is 19.8 Å². The molecule has 4 nitrogen and oxygen atoms in total. The van der Waals surface area contributed by atoms with Crippen molar-refractivity contribution in [3.05, 3.63) is 12.2 Å². The summed E-state index contributed by atoms with van der Waals surface area (Å²) in [6.45, 7) is 8.56. The van der Waals surface area contributed by atoms with E-state index in [0.29, 0.717) is 25.7 Å². The Labute approximate surface area is 197 Å². The SMILES string of the molecule is CC(C)CCCCCCCCCCCCCC1(C(=O)O)CC=CCC1(CC(C)C)C(=O)O. The number of hydrogen-bond acceptors (Lipinski definition) is 2. The van der Waals surface area contributed by atoms with Gasteiger partial charge in [0.05, 0.1) is 10.8 Å². The van der Waals surface area contributed by atoms with Crippen LogP contribution in [-0.4, -0.2) is 22.2 Å². The molecule has 0 radical (unpaired) electrons. The van der Waals surface area contributed by atoms with E-state index in [9.17, 15) is 19.8 Å². The Morgan fingerprint density at radius 2 is 1.06 bits per heavy atom. The highest BCUT2D eigenvalue weighted by Gasteiger charge is 2.60. The first-order valence-electron chi connectivity index (χ1n) is 13.3. The number of rotatable bonds is 18. The van der Waals surface area contributed by atoms with Gasteiger partial charge in [-0.1, -0.05) is 117 Å². The maximum absolute atomic E-state index is 12.4. The van der Waals surface area contributed by atoms with Gasteiger partial charge in [-0.25, -0.2) is 0 Å². The second-order valence-electron chi connectivity index (χ2n) is 11.1. The van der Waals surface area contributed by atoms with Gasteiger partial charge in [-0.3, -0.25) is 9.59 Å². The lowest BCUT2D eigenvalue weighted by Crippen LogP contribution is -2.54. The van der Waals surface area contributed by atoms with Crippen molar-refractivity contribution in [1.82, 2.24) is 0 Å². The Balaban J connectivity index is 2.38. The molecule has 0 heterocycles. The van der Waals surface area contributed by atoms with Crippen LogP contribution in [0.4, 0.5) is 0 Å². The van der Waals surface area contributed by atoms with Crippen molar-refractivity contribution in [2.24, 2.45) is 22.7 Å². The molecule has 186 valence electrons. The molecule has 2 atom stereocenters. The minimum Gasteiger partial charge on any atom is -0.481 e. The summed E-state index contributed by atoms with van der Waals surface area (Å²) in [5, 5.41) is 20.3. The summed E-state index contributed by atoms with van der Waals surface area (Å²) < 4.78 is 0. The second-order valence-corrected chi connectivity index (χ2v) is 11.1. The summed E-state index contributed by atoms with van der Waals surface area (Å²) in [5.41, 5.74) is -2.38. The van der Waals surface area contributed by atoms with Crippen molar-refractivity contribution in [2.75, 3.05) is 0 Å². The molecular formula is C28H50O4. The standard InChI is InChI=1S/C28H50O4/c1-23(2)18-14-12-10-8-6-5-7-9-11-13-15-19-27(25(29)30)20-16-17-21-28(27,26(31)32)22-24(3)4/h16-17,23-24H,5-15,18-22H2,1-4H3,(H,29,30)(H,31,32). The Morgan fingerprint density at radius 3 is 1.47 bits per heavy atom. The summed E-state index contributed by atoms with van der Waals surface area (Å²) >= 11 is 0. The number of carboxylic acid groups (broad SMARTS) is 2. The van der Waals surface area contributed by atoms with E-state index in [-0.39, 0.29) is 5.92 Å². The average molecular weight is 451 g/mol. The summed E-state index contributed by atoms with van der Waals surface area (Å²) in [6.07, 6.45) is 20.1. The fourth-order valence-electron chi connectivity index (χ4n) is 5.63. The van der Waals surface area contributed by atoms with Gasteiger partial charge in [0.15, 0.2) is 0 Å². The van der Waals surface area contributed by atoms with Gasteiger partial charge in [0.25, 0.3) is 0 Å². The average Bonchev–Trinajstić information content (AvgIpc) is 2.71. The van der Waals surface area contributed by atoms with Gasteiger partial charge in [-0.05, 0) is 37.5 Å². The number of aliphatic carboxylic acids is 2. The van der Waals surface area contributed by atoms with Gasteiger partial charge < -0.3 is 10.2 Å². The maximum Gasteiger partial charge on any atom is 0.311 e. The first-order valence-corrected chi connectivity index (χ1v) is 13.3. The quantitative estimate of drug-likeness (QED) is 0.163. The van der Waals surface area contributed by atoms with Crippen LogP contribution in [0.5, 0.6) is 0 Å². The van der Waals surface area contributed by atoms with Crippen molar-refractivity contribution in [1.29, 1.82) is 0 Å². The number of unbranched alkanes of at least 4 members (excludes halogenated alkanes) is 10. The monoisotopic (exact) mass is 450 g/mol. The highest BCUT2D eigenvalue weighted by atomic mass is 16.4. The van der Waals surface area contributed by atoms with Gasteiger partial charge in [-0.2, -0.15) is 0 Å². The normalized spacial score (nSPS) is 23.2. The predicted molar refractivity (Wildman–Crippen MR) is 133 cm³/mol. The number of carboxylic acids is 2. The van der Waals surface area contributed by atoms with E-state index in [1.807, 2.05) is 26.0 Å². The molecule has 0 saturated carbocycles. The van der Waals surface area contributed by atoms with E-state index >= 15 is 0 Å². The summed E-state index contributed by atoms with van der Waals surface area (Å²) in [5.74, 6) is -0.905. The number of hydrogen-bond donors (Lipinski definition) is 2. The number of allylic oxidation sites excluding steroid dienone is 2. The predicted octanol–water partition coefficient (Wildman–Crippen LogP) is 8.25. The Morgan fingerprint density at radius 1 is 0.656 bits per heavy atom. The van der Waals surface area contributed by atoms with Crippen LogP contribution < -0.4 is 0 Å². The highest BCUT2D eigenvalue weighted by molar-refractivity contribution is 5.87. The van der Waals surface area contributed by atoms with Crippen molar-refractivity contribution in [3.63, 3.8) is 0 Å². The molecular weight excluding hydrogens is 400 g/mol. The molecule has 0 fully saturated rings. The molecule has 0 amide bonds. The van der Waals surface area contributed by atoms with Gasteiger partial charge in [-0.15, -0.1) is 0 Å². The molecule has 4 heteroatoms. The molecule has 0 aromatic heterocycles. The van der Waals surface area contributed by atoms with Gasteiger partial charge in [0.1, 0.15) is 0 Å². The molecule has 2 unspecified atom stereocenters. The van der Waals surface area contributed by atoms with Crippen LogP contribution in [0.25, 0.3) is 0 Å². The van der Waals surface area contributed by atoms with E-state index in [4.69, 9.17) is 0 Å². The van der Waals surface area contributed by atoms with Gasteiger partial charge in [0.2, 0.25) is 0 Å². The summed E-state index contributed by atoms with van der Waals surface area (Å²) in [6, 6.07) is 0. The van der Waals surface area contributed by atoms with Crippen LogP contribution in [0, 0.1) is 22.7 Å². The minimum absolute atomic E-state index is 0.145. The lowest BCUT2D eigenvalue weighted by Gasteiger charge is -2.47. The molecule has 1 rings (SSSR count). The fraction of sp³-hybridized carbons (Fsp3) is 0.857. The maximum atomic E-state index is 12.4. The largest absolute Gasteiger partial charge is 0.481 e. The highest BCUT2D eigenvalue weighted by Crippen LogP contribution is 2.55. The van der Waals surface area contributed by atoms with Crippen molar-refractivity contribution >= 4 is 11.9 Å². The molecule has 0 saturated heterocycles. The fourth-order valence-corrected chi connectivity index (χ4v) is 5.63. The third kappa shape index (κ3) is 8.56. The van der Waals surface area contributed by atoms with E-state index < -0.39 is 22.8 Å². The zero-order chi connectivity index (χ0) is 24.0. The van der Waals surface area contributed by atoms with Crippen LogP contribution in [0.15, 0.2) is 12.2 Å². The lowest BCUT2D eigenvalue weighted by atomic mass is 9.53. The van der Waals surface area contributed by atoms with Crippen LogP contribution in [0.2, 0.25) is 0 Å². The molecule has 0 spiro atoms. The van der Waals surface area contributed by atoms with Gasteiger partial charge in [0, 0.05) is 0 Å². The molecule has 32 heavy (non-hydrogen) atoms. The lowest BCUT2D eigenvalue weighted by molar-refractivity contribution is -0.178. The molecule has 0 bridgehead atoms. The smallest absolute Gasteiger partial charge is 0.311 e. The molecule has 2 N–H and O–H groups in total. The zero-order valence-electron chi connectivity index (χ0n) is 21.3. The van der Waals surface area contributed by atoms with E-state index in [1.165, 1.54) is 57.8 Å². The van der Waals surface area contributed by atoms with E-state index in [2.05, 4.69) is 13.8 Å². The number of carbonyl (C=O) groups is 2. The molecule has 0 aromatic carbocycles. The Kier molecular flexibility index (Phi) is 13.2. The third-order valence-electron chi connectivity index (χ3n) is 7.48. The third-order valence-corrected chi connectivity index (χ3v) is 7.48. The molecule has 0 aromatic rings. The van der Waals surface area contributed by atoms with Gasteiger partial charge >= 0.3 is 11.9 Å². The van der Waals surface area contributed by atoms with Crippen LogP contribution >= 0.6 is 0 Å². The van der Waals surface area contributed by atoms with Crippen molar-refractivity contribution in [3.8, 4) is 0 Å². The Bertz CT molecular complexity index is 580. The zero-order valence-corrected chi connectivity index (χ0v) is 21.3. The topological polar surface area (TPSA) is 74.6 Å². The molecule has 1 aliphatic rings. The Hall–Kier alpha value is -1.32. The molecule has 0 aliphatic heterocycles. The molecule has 1 aliphatic carbocycles. The van der Waals surface area contributed by atoms with E-state index in [0.717, 1.165) is 25.2 Å². The van der Waals surface area contributed by atoms with Crippen LogP contribution in [0.1, 0.15) is 130 Å².